The minimum Gasteiger partial charge on any atom is -0.394 e. The van der Waals surface area contributed by atoms with Gasteiger partial charge in [-0.25, -0.2) is 15.0 Å². The number of aromatic nitrogens is 4. The van der Waals surface area contributed by atoms with Gasteiger partial charge in [0, 0.05) is 0 Å². The van der Waals surface area contributed by atoms with E-state index in [1.807, 2.05) is 18.4 Å². The summed E-state index contributed by atoms with van der Waals surface area (Å²) < 4.78 is 13.4. The summed E-state index contributed by atoms with van der Waals surface area (Å²) in [5.41, 5.74) is 1.07. The van der Waals surface area contributed by atoms with E-state index in [4.69, 9.17) is 9.47 Å². The summed E-state index contributed by atoms with van der Waals surface area (Å²) in [5, 5.41) is 9.35. The summed E-state index contributed by atoms with van der Waals surface area (Å²) in [5.74, 6) is 0.686. The highest BCUT2D eigenvalue weighted by Crippen LogP contribution is 2.54. The molecular weight excluding hydrogens is 248 g/mol. The third kappa shape index (κ3) is 1.40. The van der Waals surface area contributed by atoms with E-state index in [1.54, 1.807) is 12.5 Å². The molecule has 19 heavy (non-hydrogen) atoms. The number of imidazole rings is 1. The van der Waals surface area contributed by atoms with Crippen molar-refractivity contribution >= 4 is 11.2 Å². The number of nitrogens with zero attached hydrogens (tertiary/aromatic N) is 4. The lowest BCUT2D eigenvalue weighted by Gasteiger charge is -2.18. The molecule has 7 nitrogen and oxygen atoms in total. The summed E-state index contributed by atoms with van der Waals surface area (Å²) in [7, 11) is 0. The first kappa shape index (κ1) is 11.3. The molecule has 1 N–H and O–H groups in total. The van der Waals surface area contributed by atoms with Crippen LogP contribution in [-0.2, 0) is 9.47 Å². The zero-order valence-corrected chi connectivity index (χ0v) is 10.6. The predicted molar refractivity (Wildman–Crippen MR) is 64.3 cm³/mol. The van der Waals surface area contributed by atoms with Gasteiger partial charge in [0.2, 0.25) is 0 Å². The fourth-order valence-electron chi connectivity index (χ4n) is 2.75. The highest BCUT2D eigenvalue weighted by Gasteiger charge is 2.68. The second kappa shape index (κ2) is 3.50. The molecule has 1 unspecified atom stereocenters. The van der Waals surface area contributed by atoms with Crippen LogP contribution < -0.4 is 0 Å². The molecule has 0 radical (unpaired) electrons. The van der Waals surface area contributed by atoms with Crippen LogP contribution in [0.3, 0.4) is 0 Å². The fraction of sp³-hybridized carbons (Fsp3) is 0.583. The van der Waals surface area contributed by atoms with E-state index in [0.717, 1.165) is 11.2 Å². The van der Waals surface area contributed by atoms with Gasteiger partial charge < -0.3 is 14.6 Å². The van der Waals surface area contributed by atoms with Crippen molar-refractivity contribution in [2.45, 2.75) is 37.9 Å². The van der Waals surface area contributed by atoms with E-state index in [1.165, 1.54) is 0 Å². The molecule has 2 aliphatic heterocycles. The molecule has 2 aliphatic rings. The van der Waals surface area contributed by atoms with Crippen LogP contribution in [0.25, 0.3) is 11.2 Å². The van der Waals surface area contributed by atoms with Crippen molar-refractivity contribution < 1.29 is 14.6 Å². The Morgan fingerprint density at radius 2 is 2.32 bits per heavy atom. The first-order chi connectivity index (χ1) is 9.13. The highest BCUT2D eigenvalue weighted by molar-refractivity contribution is 5.69. The molecule has 2 aromatic rings. The van der Waals surface area contributed by atoms with Crippen LogP contribution >= 0.6 is 0 Å². The van der Waals surface area contributed by atoms with Gasteiger partial charge in [-0.15, -0.1) is 0 Å². The van der Waals surface area contributed by atoms with Crippen LogP contribution in [0, 0.1) is 6.92 Å². The predicted octanol–water partition coefficient (Wildman–Crippen LogP) is 0.182. The Hall–Kier alpha value is -1.57. The van der Waals surface area contributed by atoms with Crippen LogP contribution in [0.1, 0.15) is 19.0 Å². The van der Waals surface area contributed by atoms with Gasteiger partial charge in [0.1, 0.15) is 29.2 Å². The number of rotatable bonds is 2. The molecule has 0 bridgehead atoms. The zero-order valence-electron chi connectivity index (χ0n) is 10.6. The Morgan fingerprint density at radius 3 is 3.05 bits per heavy atom. The Morgan fingerprint density at radius 1 is 1.47 bits per heavy atom. The van der Waals surface area contributed by atoms with Gasteiger partial charge in [0.25, 0.3) is 0 Å². The van der Waals surface area contributed by atoms with Crippen molar-refractivity contribution in [1.29, 1.82) is 0 Å². The molecule has 0 aromatic carbocycles. The van der Waals surface area contributed by atoms with E-state index < -0.39 is 5.60 Å². The second-order valence-corrected chi connectivity index (χ2v) is 5.20. The average molecular weight is 262 g/mol. The lowest BCUT2D eigenvalue weighted by Crippen LogP contribution is -2.29. The number of fused-ring (bicyclic) bond motifs is 2. The topological polar surface area (TPSA) is 85.6 Å². The summed E-state index contributed by atoms with van der Waals surface area (Å²) in [6.07, 6.45) is 2.73. The lowest BCUT2D eigenvalue weighted by molar-refractivity contribution is -0.0968. The third-order valence-corrected chi connectivity index (χ3v) is 3.97. The normalized spacial score (nSPS) is 36.7. The quantitative estimate of drug-likeness (QED) is 0.777. The maximum Gasteiger partial charge on any atom is 0.166 e. The van der Waals surface area contributed by atoms with E-state index in [0.29, 0.717) is 5.82 Å². The Balaban J connectivity index is 1.78. The number of ether oxygens (including phenoxy) is 2. The number of aryl methyl sites for hydroxylation is 1. The molecular formula is C12H14N4O3. The van der Waals surface area contributed by atoms with Crippen molar-refractivity contribution in [2.24, 2.45) is 0 Å². The third-order valence-electron chi connectivity index (χ3n) is 3.97. The van der Waals surface area contributed by atoms with Crippen LogP contribution in [0.15, 0.2) is 12.5 Å². The first-order valence-electron chi connectivity index (χ1n) is 6.24. The van der Waals surface area contributed by atoms with Crippen LogP contribution in [0.5, 0.6) is 0 Å². The Kier molecular flexibility index (Phi) is 2.08. The van der Waals surface area contributed by atoms with Crippen LogP contribution in [0.4, 0.5) is 0 Å². The lowest BCUT2D eigenvalue weighted by atomic mass is 10.0. The molecule has 2 saturated heterocycles. The standard InChI is InChI=1S/C12H14N4O3/c1-6-13-3-7-10(15-6)16(5-14-7)11-9-12(2,19-9)8(4-17)18-11/h3,5,8-9,11,17H,4H2,1-2H3/t8-,9?,11-,12+/m1/s1. The molecule has 2 aromatic heterocycles. The van der Waals surface area contributed by atoms with Gasteiger partial charge >= 0.3 is 0 Å². The van der Waals surface area contributed by atoms with Crippen LogP contribution in [0.2, 0.25) is 0 Å². The highest BCUT2D eigenvalue weighted by atomic mass is 16.7. The molecule has 4 rings (SSSR count). The van der Waals surface area contributed by atoms with Crippen molar-refractivity contribution in [3.63, 3.8) is 0 Å². The monoisotopic (exact) mass is 262 g/mol. The zero-order chi connectivity index (χ0) is 13.2. The van der Waals surface area contributed by atoms with E-state index in [9.17, 15) is 5.11 Å². The average Bonchev–Trinajstić information content (AvgIpc) is 2.80. The van der Waals surface area contributed by atoms with Crippen molar-refractivity contribution in [3.8, 4) is 0 Å². The smallest absolute Gasteiger partial charge is 0.166 e. The molecule has 0 saturated carbocycles. The molecule has 4 atom stereocenters. The maximum atomic E-state index is 9.35. The van der Waals surface area contributed by atoms with Gasteiger partial charge in [0.05, 0.1) is 19.1 Å². The SMILES string of the molecule is Cc1ncc2ncn([C@@H]3O[C@H](CO)[C@]4(C)OC34)c2n1. The van der Waals surface area contributed by atoms with Gasteiger partial charge in [0.15, 0.2) is 11.9 Å². The first-order valence-corrected chi connectivity index (χ1v) is 6.24. The largest absolute Gasteiger partial charge is 0.394 e. The van der Waals surface area contributed by atoms with Crippen molar-refractivity contribution in [2.75, 3.05) is 6.61 Å². The molecule has 100 valence electrons. The van der Waals surface area contributed by atoms with Gasteiger partial charge in [-0.3, -0.25) is 4.57 Å². The van der Waals surface area contributed by atoms with Crippen molar-refractivity contribution in [1.82, 2.24) is 19.5 Å². The summed E-state index contributed by atoms with van der Waals surface area (Å²) in [4.78, 5) is 12.8. The molecule has 0 spiro atoms. The fourth-order valence-corrected chi connectivity index (χ4v) is 2.75. The number of hydrogen-bond donors (Lipinski definition) is 1. The van der Waals surface area contributed by atoms with Crippen molar-refractivity contribution in [3.05, 3.63) is 18.3 Å². The summed E-state index contributed by atoms with van der Waals surface area (Å²) in [6.45, 7) is 3.74. The number of epoxide rings is 1. The second-order valence-electron chi connectivity index (χ2n) is 5.20. The maximum absolute atomic E-state index is 9.35. The Bertz CT molecular complexity index is 657. The van der Waals surface area contributed by atoms with Crippen LogP contribution in [-0.4, -0.2) is 49.0 Å². The molecule has 7 heteroatoms. The summed E-state index contributed by atoms with van der Waals surface area (Å²) in [6, 6.07) is 0. The number of aliphatic hydroxyl groups excluding tert-OH is 1. The minimum atomic E-state index is -0.391. The molecule has 2 fully saturated rings. The summed E-state index contributed by atoms with van der Waals surface area (Å²) >= 11 is 0. The molecule has 0 aliphatic carbocycles. The van der Waals surface area contributed by atoms with Gasteiger partial charge in [-0.2, -0.15) is 0 Å². The molecule has 4 heterocycles. The number of hydrogen-bond acceptors (Lipinski definition) is 6. The van der Waals surface area contributed by atoms with Gasteiger partial charge in [-0.1, -0.05) is 0 Å². The van der Waals surface area contributed by atoms with Gasteiger partial charge in [-0.05, 0) is 13.8 Å². The molecule has 0 amide bonds. The minimum absolute atomic E-state index is 0.0514. The Labute approximate surface area is 109 Å². The van der Waals surface area contributed by atoms with E-state index in [2.05, 4.69) is 15.0 Å². The number of aliphatic hydroxyl groups is 1. The van der Waals surface area contributed by atoms with E-state index in [-0.39, 0.29) is 25.0 Å². The van der Waals surface area contributed by atoms with E-state index >= 15 is 0 Å².